The van der Waals surface area contributed by atoms with Gasteiger partial charge in [-0.2, -0.15) is 5.10 Å². The van der Waals surface area contributed by atoms with E-state index in [9.17, 15) is 4.79 Å². The van der Waals surface area contributed by atoms with Crippen molar-refractivity contribution in [3.05, 3.63) is 82.3 Å². The summed E-state index contributed by atoms with van der Waals surface area (Å²) in [7, 11) is 1.61. The first-order valence-electron chi connectivity index (χ1n) is 9.97. The third kappa shape index (κ3) is 7.30. The number of hydrogen-bond donors (Lipinski definition) is 2. The Hall–Kier alpha value is -3.43. The number of methoxy groups -OCH3 is 1. The number of anilines is 1. The molecule has 0 atom stereocenters. The fraction of sp³-hybridized carbons (Fsp3) is 0.125. The first-order valence-corrected chi connectivity index (χ1v) is 11.2. The fourth-order valence-corrected chi connectivity index (χ4v) is 3.27. The maximum absolute atomic E-state index is 12.6. The molecule has 0 fully saturated rings. The molecule has 7 nitrogen and oxygen atoms in total. The number of carbonyl (C=O) groups excluding carboxylic acids is 1. The van der Waals surface area contributed by atoms with Crippen molar-refractivity contribution in [1.29, 1.82) is 0 Å². The number of hydrogen-bond acceptors (Lipinski definition) is 6. The van der Waals surface area contributed by atoms with Crippen molar-refractivity contribution in [3.63, 3.8) is 0 Å². The van der Waals surface area contributed by atoms with Crippen LogP contribution >= 0.6 is 28.1 Å². The van der Waals surface area contributed by atoms with Crippen LogP contribution in [0.15, 0.2) is 76.3 Å². The van der Waals surface area contributed by atoms with Crippen LogP contribution in [0.5, 0.6) is 17.2 Å². The highest BCUT2D eigenvalue weighted by Crippen LogP contribution is 2.23. The normalized spacial score (nSPS) is 10.5. The summed E-state index contributed by atoms with van der Waals surface area (Å²) in [6.45, 7) is 2.45. The van der Waals surface area contributed by atoms with Crippen LogP contribution in [0, 0.1) is 0 Å². The van der Waals surface area contributed by atoms with E-state index in [1.54, 1.807) is 49.6 Å². The second-order valence-corrected chi connectivity index (χ2v) is 7.91. The number of thiocarbonyl (C=S) groups is 1. The van der Waals surface area contributed by atoms with Crippen molar-refractivity contribution in [2.45, 2.75) is 6.92 Å². The van der Waals surface area contributed by atoms with Crippen LogP contribution in [0.4, 0.5) is 5.69 Å². The molecule has 0 saturated heterocycles. The molecule has 3 aromatic carbocycles. The van der Waals surface area contributed by atoms with Crippen molar-refractivity contribution in [2.24, 2.45) is 5.10 Å². The van der Waals surface area contributed by atoms with Crippen molar-refractivity contribution < 1.29 is 19.0 Å². The minimum absolute atomic E-state index is 0.305. The third-order valence-electron chi connectivity index (χ3n) is 4.29. The van der Waals surface area contributed by atoms with Gasteiger partial charge in [0.1, 0.15) is 17.2 Å². The van der Waals surface area contributed by atoms with Crippen molar-refractivity contribution in [2.75, 3.05) is 19.0 Å². The Morgan fingerprint density at radius 1 is 1.06 bits per heavy atom. The average Bonchev–Trinajstić information content (AvgIpc) is 2.82. The van der Waals surface area contributed by atoms with E-state index < -0.39 is 5.97 Å². The summed E-state index contributed by atoms with van der Waals surface area (Å²) in [5.41, 5.74) is 4.53. The van der Waals surface area contributed by atoms with Gasteiger partial charge in [-0.15, -0.1) is 0 Å². The number of rotatable bonds is 8. The molecule has 0 amide bonds. The highest BCUT2D eigenvalue weighted by molar-refractivity contribution is 9.10. The maximum atomic E-state index is 12.6. The SMILES string of the molecule is CCOc1ccc(C(=O)Oc2ccc(Br)cc2/C=N/NC(=S)Nc2ccc(OC)cc2)cc1. The highest BCUT2D eigenvalue weighted by Gasteiger charge is 2.12. The van der Waals surface area contributed by atoms with Gasteiger partial charge in [0.05, 0.1) is 25.5 Å². The summed E-state index contributed by atoms with van der Waals surface area (Å²) in [6, 6.07) is 19.3. The smallest absolute Gasteiger partial charge is 0.343 e. The topological polar surface area (TPSA) is 81.2 Å². The Morgan fingerprint density at radius 2 is 1.76 bits per heavy atom. The average molecular weight is 528 g/mol. The molecular formula is C24H22BrN3O4S. The molecule has 0 saturated carbocycles. The molecule has 170 valence electrons. The second kappa shape index (κ2) is 12.0. The molecule has 0 radical (unpaired) electrons. The Bertz CT molecular complexity index is 1140. The van der Waals surface area contributed by atoms with Crippen molar-refractivity contribution in [3.8, 4) is 17.2 Å². The van der Waals surface area contributed by atoms with Gasteiger partial charge in [-0.05, 0) is 85.9 Å². The van der Waals surface area contributed by atoms with Gasteiger partial charge in [-0.1, -0.05) is 15.9 Å². The zero-order chi connectivity index (χ0) is 23.6. The number of ether oxygens (including phenoxy) is 3. The molecule has 0 aliphatic heterocycles. The van der Waals surface area contributed by atoms with Crippen LogP contribution in [0.3, 0.4) is 0 Å². The van der Waals surface area contributed by atoms with E-state index in [-0.39, 0.29) is 0 Å². The predicted octanol–water partition coefficient (Wildman–Crippen LogP) is 5.40. The minimum atomic E-state index is -0.486. The van der Waals surface area contributed by atoms with Gasteiger partial charge in [0, 0.05) is 15.7 Å². The number of halogens is 1. The summed E-state index contributed by atoms with van der Waals surface area (Å²) in [5, 5.41) is 7.48. The molecule has 0 unspecified atom stereocenters. The van der Waals surface area contributed by atoms with Gasteiger partial charge in [0.25, 0.3) is 0 Å². The molecule has 3 rings (SSSR count). The monoisotopic (exact) mass is 527 g/mol. The van der Waals surface area contributed by atoms with Crippen molar-refractivity contribution >= 4 is 51.1 Å². The molecule has 0 heterocycles. The minimum Gasteiger partial charge on any atom is -0.497 e. The van der Waals surface area contributed by atoms with Gasteiger partial charge in [-0.25, -0.2) is 4.79 Å². The molecule has 0 aromatic heterocycles. The Balaban J connectivity index is 1.64. The van der Waals surface area contributed by atoms with Crippen LogP contribution in [-0.4, -0.2) is 31.0 Å². The van der Waals surface area contributed by atoms with E-state index in [1.165, 1.54) is 6.21 Å². The van der Waals surface area contributed by atoms with Crippen LogP contribution in [-0.2, 0) is 0 Å². The Labute approximate surface area is 205 Å². The number of esters is 1. The van der Waals surface area contributed by atoms with E-state index in [2.05, 4.69) is 31.8 Å². The van der Waals surface area contributed by atoms with Gasteiger partial charge in [0.2, 0.25) is 0 Å². The Morgan fingerprint density at radius 3 is 2.42 bits per heavy atom. The molecule has 3 aromatic rings. The standard InChI is InChI=1S/C24H22BrN3O4S/c1-3-31-21-9-4-16(5-10-21)23(29)32-22-13-6-18(25)14-17(22)15-26-28-24(33)27-19-7-11-20(30-2)12-8-19/h4-15H,3H2,1-2H3,(H2,27,28,33)/b26-15+. The molecule has 33 heavy (non-hydrogen) atoms. The molecule has 2 N–H and O–H groups in total. The summed E-state index contributed by atoms with van der Waals surface area (Å²) in [6.07, 6.45) is 1.52. The number of nitrogens with one attached hydrogen (secondary N) is 2. The second-order valence-electron chi connectivity index (χ2n) is 6.58. The lowest BCUT2D eigenvalue weighted by atomic mass is 10.2. The van der Waals surface area contributed by atoms with E-state index in [0.717, 1.165) is 15.9 Å². The lowest BCUT2D eigenvalue weighted by Crippen LogP contribution is -2.23. The summed E-state index contributed by atoms with van der Waals surface area (Å²) < 4.78 is 16.9. The lowest BCUT2D eigenvalue weighted by molar-refractivity contribution is 0.0734. The summed E-state index contributed by atoms with van der Waals surface area (Å²) >= 11 is 8.68. The highest BCUT2D eigenvalue weighted by atomic mass is 79.9. The van der Waals surface area contributed by atoms with Crippen LogP contribution in [0.2, 0.25) is 0 Å². The molecular weight excluding hydrogens is 506 g/mol. The van der Waals surface area contributed by atoms with Crippen molar-refractivity contribution in [1.82, 2.24) is 5.43 Å². The zero-order valence-electron chi connectivity index (χ0n) is 18.0. The summed E-state index contributed by atoms with van der Waals surface area (Å²) in [5.74, 6) is 1.31. The first-order chi connectivity index (χ1) is 16.0. The van der Waals surface area contributed by atoms with E-state index in [0.29, 0.717) is 34.3 Å². The number of nitrogens with zero attached hydrogens (tertiary/aromatic N) is 1. The van der Waals surface area contributed by atoms with Crippen LogP contribution in [0.1, 0.15) is 22.8 Å². The molecule has 0 spiro atoms. The largest absolute Gasteiger partial charge is 0.497 e. The third-order valence-corrected chi connectivity index (χ3v) is 4.98. The molecule has 9 heteroatoms. The van der Waals surface area contributed by atoms with Gasteiger partial charge in [-0.3, -0.25) is 5.43 Å². The van der Waals surface area contributed by atoms with Gasteiger partial charge in [0.15, 0.2) is 5.11 Å². The first kappa shape index (κ1) is 24.2. The molecule has 0 bridgehead atoms. The quantitative estimate of drug-likeness (QED) is 0.133. The maximum Gasteiger partial charge on any atom is 0.343 e. The van der Waals surface area contributed by atoms with E-state index in [4.69, 9.17) is 26.4 Å². The molecule has 0 aliphatic rings. The van der Waals surface area contributed by atoms with Crippen LogP contribution in [0.25, 0.3) is 0 Å². The number of carbonyl (C=O) groups is 1. The molecule has 0 aliphatic carbocycles. The van der Waals surface area contributed by atoms with E-state index in [1.807, 2.05) is 31.2 Å². The number of hydrazone groups is 1. The predicted molar refractivity (Wildman–Crippen MR) is 137 cm³/mol. The van der Waals surface area contributed by atoms with Crippen LogP contribution < -0.4 is 25.0 Å². The van der Waals surface area contributed by atoms with E-state index >= 15 is 0 Å². The Kier molecular flexibility index (Phi) is 8.79. The fourth-order valence-electron chi connectivity index (χ4n) is 2.72. The lowest BCUT2D eigenvalue weighted by Gasteiger charge is -2.10. The van der Waals surface area contributed by atoms with Gasteiger partial charge >= 0.3 is 5.97 Å². The van der Waals surface area contributed by atoms with Gasteiger partial charge < -0.3 is 19.5 Å². The number of benzene rings is 3. The zero-order valence-corrected chi connectivity index (χ0v) is 20.4. The summed E-state index contributed by atoms with van der Waals surface area (Å²) in [4.78, 5) is 12.6.